The number of piperazine rings is 1. The van der Waals surface area contributed by atoms with Gasteiger partial charge >= 0.3 is 0 Å². The Morgan fingerprint density at radius 2 is 1.55 bits per heavy atom. The predicted molar refractivity (Wildman–Crippen MR) is 160 cm³/mol. The molecule has 1 N–H and O–H groups in total. The number of halogens is 2. The van der Waals surface area contributed by atoms with Crippen LogP contribution < -0.4 is 9.47 Å². The quantitative estimate of drug-likeness (QED) is 0.350. The highest BCUT2D eigenvalue weighted by atomic mass is 35.5. The molecule has 7 heteroatoms. The average Bonchev–Trinajstić information content (AvgIpc) is 2.91. The molecule has 0 bridgehead atoms. The molecule has 1 aliphatic carbocycles. The van der Waals surface area contributed by atoms with E-state index in [-0.39, 0.29) is 30.7 Å². The first-order chi connectivity index (χ1) is 17.5. The van der Waals surface area contributed by atoms with E-state index in [1.54, 1.807) is 7.11 Å². The van der Waals surface area contributed by atoms with Gasteiger partial charge in [-0.25, -0.2) is 0 Å². The number of hydrogen-bond acceptors (Lipinski definition) is 5. The summed E-state index contributed by atoms with van der Waals surface area (Å²) < 4.78 is 12.0. The maximum atomic E-state index is 11.8. The van der Waals surface area contributed by atoms with E-state index in [0.717, 1.165) is 81.0 Å². The minimum absolute atomic E-state index is 0. The maximum Gasteiger partial charge on any atom is 0.161 e. The second-order valence-corrected chi connectivity index (χ2v) is 10.7. The van der Waals surface area contributed by atoms with Crippen LogP contribution in [0.4, 0.5) is 0 Å². The summed E-state index contributed by atoms with van der Waals surface area (Å²) in [5, 5.41) is 14.3. The van der Waals surface area contributed by atoms with Crippen molar-refractivity contribution in [2.24, 2.45) is 0 Å². The molecule has 0 amide bonds. The zero-order valence-corrected chi connectivity index (χ0v) is 24.2. The summed E-state index contributed by atoms with van der Waals surface area (Å²) in [5.74, 6) is 1.53. The fourth-order valence-electron chi connectivity index (χ4n) is 5.90. The molecule has 1 unspecified atom stereocenters. The Bertz CT molecular complexity index is 1160. The van der Waals surface area contributed by atoms with Crippen molar-refractivity contribution in [2.75, 3.05) is 46.9 Å². The van der Waals surface area contributed by atoms with Crippen LogP contribution in [-0.2, 0) is 6.61 Å². The van der Waals surface area contributed by atoms with Gasteiger partial charge in [0.25, 0.3) is 0 Å². The molecule has 38 heavy (non-hydrogen) atoms. The summed E-state index contributed by atoms with van der Waals surface area (Å²) in [6.45, 7) is 5.62. The number of aliphatic hydroxyl groups is 1. The predicted octanol–water partition coefficient (Wildman–Crippen LogP) is 6.30. The third-order valence-corrected chi connectivity index (χ3v) is 8.20. The number of hydrogen-bond donors (Lipinski definition) is 1. The molecule has 1 saturated carbocycles. The molecule has 3 aromatic carbocycles. The van der Waals surface area contributed by atoms with Gasteiger partial charge in [0.2, 0.25) is 0 Å². The van der Waals surface area contributed by atoms with Crippen LogP contribution in [0.3, 0.4) is 0 Å². The van der Waals surface area contributed by atoms with E-state index in [2.05, 4.69) is 71.4 Å². The minimum atomic E-state index is -0.667. The van der Waals surface area contributed by atoms with Gasteiger partial charge in [-0.05, 0) is 60.0 Å². The average molecular weight is 562 g/mol. The molecule has 5 rings (SSSR count). The van der Waals surface area contributed by atoms with Crippen molar-refractivity contribution >= 4 is 35.6 Å². The zero-order valence-electron chi connectivity index (χ0n) is 22.6. The highest BCUT2D eigenvalue weighted by Crippen LogP contribution is 2.42. The van der Waals surface area contributed by atoms with Crippen LogP contribution in [0.15, 0.2) is 60.7 Å². The zero-order chi connectivity index (χ0) is 25.0. The van der Waals surface area contributed by atoms with E-state index < -0.39 is 5.60 Å². The van der Waals surface area contributed by atoms with Crippen LogP contribution in [0.1, 0.15) is 49.1 Å². The molecule has 0 aromatic heterocycles. The number of likely N-dealkylation sites (N-methyl/N-ethyl adjacent to an activating group) is 1. The van der Waals surface area contributed by atoms with Crippen LogP contribution >= 0.6 is 24.8 Å². The van der Waals surface area contributed by atoms with E-state index in [9.17, 15) is 5.11 Å². The van der Waals surface area contributed by atoms with E-state index >= 15 is 0 Å². The molecule has 0 radical (unpaired) electrons. The fraction of sp³-hybridized carbons (Fsp3) is 0.484. The SMILES string of the molecule is COc1cc(C(CN2CCN(C)CC2)C2(O)CCCCC2)ccc1OCc1ccc2ccccc2c1.Cl.Cl. The summed E-state index contributed by atoms with van der Waals surface area (Å²) in [6, 6.07) is 21.1. The molecule has 0 spiro atoms. The molecule has 2 fully saturated rings. The molecule has 1 saturated heterocycles. The molecular weight excluding hydrogens is 519 g/mol. The third kappa shape index (κ3) is 7.13. The molecule has 3 aromatic rings. The fourth-order valence-corrected chi connectivity index (χ4v) is 5.90. The molecule has 2 aliphatic rings. The van der Waals surface area contributed by atoms with Gasteiger partial charge in [-0.2, -0.15) is 0 Å². The first kappa shape index (κ1) is 30.5. The first-order valence-corrected chi connectivity index (χ1v) is 13.5. The summed E-state index contributed by atoms with van der Waals surface area (Å²) >= 11 is 0. The van der Waals surface area contributed by atoms with Crippen molar-refractivity contribution in [3.8, 4) is 11.5 Å². The van der Waals surface area contributed by atoms with Crippen LogP contribution in [0.25, 0.3) is 10.8 Å². The number of methoxy groups -OCH3 is 1. The van der Waals surface area contributed by atoms with Crippen molar-refractivity contribution in [1.29, 1.82) is 0 Å². The van der Waals surface area contributed by atoms with E-state index in [0.29, 0.717) is 6.61 Å². The lowest BCUT2D eigenvalue weighted by atomic mass is 9.72. The van der Waals surface area contributed by atoms with Gasteiger partial charge in [0.05, 0.1) is 12.7 Å². The topological polar surface area (TPSA) is 45.2 Å². The van der Waals surface area contributed by atoms with E-state index in [1.165, 1.54) is 17.2 Å². The Balaban J connectivity index is 0.00000200. The van der Waals surface area contributed by atoms with E-state index in [1.807, 2.05) is 6.07 Å². The number of rotatable bonds is 8. The summed E-state index contributed by atoms with van der Waals surface area (Å²) in [4.78, 5) is 4.90. The summed E-state index contributed by atoms with van der Waals surface area (Å²) in [7, 11) is 3.89. The van der Waals surface area contributed by atoms with Crippen molar-refractivity contribution < 1.29 is 14.6 Å². The second kappa shape index (κ2) is 13.9. The van der Waals surface area contributed by atoms with Gasteiger partial charge in [-0.15, -0.1) is 24.8 Å². The minimum Gasteiger partial charge on any atom is -0.493 e. The number of ether oxygens (including phenoxy) is 2. The Labute approximate surface area is 239 Å². The van der Waals surface area contributed by atoms with Gasteiger partial charge < -0.3 is 24.4 Å². The van der Waals surface area contributed by atoms with Gasteiger partial charge in [0.1, 0.15) is 6.61 Å². The number of benzene rings is 3. The molecular formula is C31H42Cl2N2O3. The lowest BCUT2D eigenvalue weighted by molar-refractivity contribution is -0.0337. The van der Waals surface area contributed by atoms with Gasteiger partial charge in [-0.3, -0.25) is 0 Å². The lowest BCUT2D eigenvalue weighted by Crippen LogP contribution is -2.50. The molecule has 1 atom stereocenters. The highest BCUT2D eigenvalue weighted by Gasteiger charge is 2.40. The largest absolute Gasteiger partial charge is 0.493 e. The monoisotopic (exact) mass is 560 g/mol. The normalized spacial score (nSPS) is 18.7. The van der Waals surface area contributed by atoms with Crippen molar-refractivity contribution in [3.05, 3.63) is 71.8 Å². The summed E-state index contributed by atoms with van der Waals surface area (Å²) in [5.41, 5.74) is 1.61. The Morgan fingerprint density at radius 1 is 0.842 bits per heavy atom. The molecule has 1 heterocycles. The maximum absolute atomic E-state index is 11.8. The Kier molecular flexibility index (Phi) is 11.1. The second-order valence-electron chi connectivity index (χ2n) is 10.7. The number of nitrogens with zero attached hydrogens (tertiary/aromatic N) is 2. The van der Waals surface area contributed by atoms with Gasteiger partial charge in [0.15, 0.2) is 11.5 Å². The molecule has 5 nitrogen and oxygen atoms in total. The van der Waals surface area contributed by atoms with Gasteiger partial charge in [-0.1, -0.05) is 61.7 Å². The molecule has 1 aliphatic heterocycles. The third-order valence-electron chi connectivity index (χ3n) is 8.20. The lowest BCUT2D eigenvalue weighted by Gasteiger charge is -2.43. The standard InChI is InChI=1S/C31H40N2O3.2ClH/c1-32-16-18-33(19-17-32)22-28(31(34)14-6-3-7-15-31)27-12-13-29(30(21-27)35-2)36-23-24-10-11-25-8-4-5-9-26(25)20-24;;/h4-5,8-13,20-21,28,34H,3,6-7,14-19,22-23H2,1-2H3;2*1H. The highest BCUT2D eigenvalue weighted by molar-refractivity contribution is 5.85. The summed E-state index contributed by atoms with van der Waals surface area (Å²) in [6.07, 6.45) is 5.15. The molecule has 208 valence electrons. The van der Waals surface area contributed by atoms with Crippen LogP contribution in [0, 0.1) is 0 Å². The van der Waals surface area contributed by atoms with E-state index in [4.69, 9.17) is 9.47 Å². The van der Waals surface area contributed by atoms with Crippen molar-refractivity contribution in [2.45, 2.75) is 50.2 Å². The first-order valence-electron chi connectivity index (χ1n) is 13.5. The van der Waals surface area contributed by atoms with Crippen LogP contribution in [-0.4, -0.2) is 67.4 Å². The van der Waals surface area contributed by atoms with Crippen molar-refractivity contribution in [1.82, 2.24) is 9.80 Å². The Morgan fingerprint density at radius 3 is 2.26 bits per heavy atom. The Hall–Kier alpha value is -2.02. The van der Waals surface area contributed by atoms with Crippen molar-refractivity contribution in [3.63, 3.8) is 0 Å². The smallest absolute Gasteiger partial charge is 0.161 e. The van der Waals surface area contributed by atoms with Crippen LogP contribution in [0.2, 0.25) is 0 Å². The van der Waals surface area contributed by atoms with Crippen LogP contribution in [0.5, 0.6) is 11.5 Å². The number of fused-ring (bicyclic) bond motifs is 1. The van der Waals surface area contributed by atoms with Gasteiger partial charge in [0, 0.05) is 38.6 Å².